The number of aromatic amines is 1. The normalized spacial score (nSPS) is 12.4. The minimum Gasteiger partial charge on any atom is -0.397 e. The zero-order valence-electron chi connectivity index (χ0n) is 8.74. The third-order valence-electron chi connectivity index (χ3n) is 2.23. The average Bonchev–Trinajstić information content (AvgIpc) is 2.76. The number of hydrogen-bond acceptors (Lipinski definition) is 4. The lowest BCUT2D eigenvalue weighted by Gasteiger charge is -2.14. The molecule has 84 valence electrons. The molecule has 1 heterocycles. The van der Waals surface area contributed by atoms with E-state index in [1.807, 2.05) is 6.92 Å². The first-order valence-corrected chi connectivity index (χ1v) is 4.83. The number of hydrogen-bond donors (Lipinski definition) is 3. The standard InChI is InChI=1S/C10H12FN5/c1-6(10-13-5-14-16-10)15-9-4-7(11)2-3-8(9)12/h2-6,15H,12H2,1H3,(H,13,14,16). The number of halogens is 1. The molecule has 0 bridgehead atoms. The van der Waals surface area contributed by atoms with Crippen molar-refractivity contribution in [2.75, 3.05) is 11.1 Å². The molecule has 4 N–H and O–H groups in total. The molecule has 5 nitrogen and oxygen atoms in total. The van der Waals surface area contributed by atoms with Gasteiger partial charge in [-0.1, -0.05) is 0 Å². The highest BCUT2D eigenvalue weighted by Crippen LogP contribution is 2.23. The van der Waals surface area contributed by atoms with Gasteiger partial charge in [0.1, 0.15) is 18.0 Å². The van der Waals surface area contributed by atoms with Crippen LogP contribution in [0.15, 0.2) is 24.5 Å². The first kappa shape index (κ1) is 10.4. The highest BCUT2D eigenvalue weighted by atomic mass is 19.1. The van der Waals surface area contributed by atoms with Crippen molar-refractivity contribution < 1.29 is 4.39 Å². The molecule has 2 rings (SSSR count). The molecule has 16 heavy (non-hydrogen) atoms. The van der Waals surface area contributed by atoms with E-state index in [1.54, 1.807) is 0 Å². The van der Waals surface area contributed by atoms with Gasteiger partial charge in [0.2, 0.25) is 0 Å². The van der Waals surface area contributed by atoms with Crippen LogP contribution < -0.4 is 11.1 Å². The Labute approximate surface area is 91.9 Å². The number of benzene rings is 1. The topological polar surface area (TPSA) is 79.6 Å². The Hall–Kier alpha value is -2.11. The quantitative estimate of drug-likeness (QED) is 0.689. The van der Waals surface area contributed by atoms with Crippen molar-refractivity contribution in [3.8, 4) is 0 Å². The lowest BCUT2D eigenvalue weighted by Crippen LogP contribution is -2.10. The molecule has 0 aliphatic rings. The summed E-state index contributed by atoms with van der Waals surface area (Å²) in [5.74, 6) is 0.338. The molecule has 0 aliphatic carbocycles. The van der Waals surface area contributed by atoms with Crippen LogP contribution in [0.25, 0.3) is 0 Å². The van der Waals surface area contributed by atoms with Crippen molar-refractivity contribution in [1.29, 1.82) is 0 Å². The molecule has 2 aromatic rings. The molecule has 1 aromatic heterocycles. The van der Waals surface area contributed by atoms with Crippen LogP contribution in [0, 0.1) is 5.82 Å². The van der Waals surface area contributed by atoms with Gasteiger partial charge in [0.25, 0.3) is 0 Å². The van der Waals surface area contributed by atoms with Crippen molar-refractivity contribution in [2.24, 2.45) is 0 Å². The maximum absolute atomic E-state index is 13.0. The lowest BCUT2D eigenvalue weighted by molar-refractivity contribution is 0.628. The minimum absolute atomic E-state index is 0.119. The Kier molecular flexibility index (Phi) is 2.72. The van der Waals surface area contributed by atoms with E-state index >= 15 is 0 Å². The molecule has 0 fully saturated rings. The summed E-state index contributed by atoms with van der Waals surface area (Å²) in [6.45, 7) is 1.88. The van der Waals surface area contributed by atoms with Crippen LogP contribution in [0.1, 0.15) is 18.8 Å². The van der Waals surface area contributed by atoms with Gasteiger partial charge in [0.15, 0.2) is 0 Å². The van der Waals surface area contributed by atoms with Crippen LogP contribution in [-0.2, 0) is 0 Å². The first-order chi connectivity index (χ1) is 7.66. The monoisotopic (exact) mass is 221 g/mol. The number of H-pyrrole nitrogens is 1. The van der Waals surface area contributed by atoms with E-state index in [2.05, 4.69) is 20.5 Å². The van der Waals surface area contributed by atoms with Gasteiger partial charge >= 0.3 is 0 Å². The lowest BCUT2D eigenvalue weighted by atomic mass is 10.2. The predicted octanol–water partition coefficient (Wildman–Crippen LogP) is 1.70. The van der Waals surface area contributed by atoms with E-state index < -0.39 is 0 Å². The number of nitrogens with one attached hydrogen (secondary N) is 2. The van der Waals surface area contributed by atoms with Gasteiger partial charge in [-0.15, -0.1) is 0 Å². The number of nitrogens with two attached hydrogens (primary N) is 1. The van der Waals surface area contributed by atoms with E-state index in [4.69, 9.17) is 5.73 Å². The molecule has 0 amide bonds. The van der Waals surface area contributed by atoms with Crippen LogP contribution in [0.4, 0.5) is 15.8 Å². The summed E-state index contributed by atoms with van der Waals surface area (Å²) >= 11 is 0. The Bertz CT molecular complexity index is 468. The summed E-state index contributed by atoms with van der Waals surface area (Å²) in [4.78, 5) is 4.00. The summed E-state index contributed by atoms with van der Waals surface area (Å²) in [5.41, 5.74) is 6.75. The number of nitrogens with zero attached hydrogens (tertiary/aromatic N) is 2. The van der Waals surface area contributed by atoms with Gasteiger partial charge in [-0.05, 0) is 25.1 Å². The Morgan fingerprint density at radius 3 is 3.00 bits per heavy atom. The highest BCUT2D eigenvalue weighted by Gasteiger charge is 2.10. The van der Waals surface area contributed by atoms with E-state index in [0.29, 0.717) is 17.2 Å². The molecular formula is C10H12FN5. The minimum atomic E-state index is -0.332. The van der Waals surface area contributed by atoms with Gasteiger partial charge in [-0.2, -0.15) is 5.10 Å². The smallest absolute Gasteiger partial charge is 0.146 e. The zero-order valence-corrected chi connectivity index (χ0v) is 8.74. The van der Waals surface area contributed by atoms with E-state index in [0.717, 1.165) is 0 Å². The van der Waals surface area contributed by atoms with Gasteiger partial charge < -0.3 is 11.1 Å². The van der Waals surface area contributed by atoms with Crippen LogP contribution in [0.3, 0.4) is 0 Å². The fourth-order valence-corrected chi connectivity index (χ4v) is 1.38. The predicted molar refractivity (Wildman–Crippen MR) is 59.2 cm³/mol. The number of rotatable bonds is 3. The second kappa shape index (κ2) is 4.18. The molecule has 1 atom stereocenters. The molecule has 0 spiro atoms. The SMILES string of the molecule is CC(Nc1cc(F)ccc1N)c1ncn[nH]1. The summed E-state index contributed by atoms with van der Waals surface area (Å²) in [6.07, 6.45) is 1.42. The molecule has 0 saturated heterocycles. The second-order valence-electron chi connectivity index (χ2n) is 3.47. The van der Waals surface area contributed by atoms with E-state index in [-0.39, 0.29) is 11.9 Å². The van der Waals surface area contributed by atoms with Gasteiger partial charge in [-0.25, -0.2) is 9.37 Å². The van der Waals surface area contributed by atoms with Crippen LogP contribution in [0.2, 0.25) is 0 Å². The maximum atomic E-state index is 13.0. The fraction of sp³-hybridized carbons (Fsp3) is 0.200. The van der Waals surface area contributed by atoms with Crippen molar-refractivity contribution >= 4 is 11.4 Å². The van der Waals surface area contributed by atoms with Crippen LogP contribution in [0.5, 0.6) is 0 Å². The van der Waals surface area contributed by atoms with Crippen molar-refractivity contribution in [3.63, 3.8) is 0 Å². The van der Waals surface area contributed by atoms with Crippen molar-refractivity contribution in [1.82, 2.24) is 15.2 Å². The first-order valence-electron chi connectivity index (χ1n) is 4.83. The van der Waals surface area contributed by atoms with E-state index in [1.165, 1.54) is 24.5 Å². The van der Waals surface area contributed by atoms with Crippen LogP contribution >= 0.6 is 0 Å². The van der Waals surface area contributed by atoms with Gasteiger partial charge in [0.05, 0.1) is 17.4 Å². The average molecular weight is 221 g/mol. The fourth-order valence-electron chi connectivity index (χ4n) is 1.38. The number of aromatic nitrogens is 3. The molecule has 1 aromatic carbocycles. The molecule has 0 radical (unpaired) electrons. The molecule has 6 heteroatoms. The second-order valence-corrected chi connectivity index (χ2v) is 3.47. The number of nitrogen functional groups attached to an aromatic ring is 1. The van der Waals surface area contributed by atoms with Crippen LogP contribution in [-0.4, -0.2) is 15.2 Å². The van der Waals surface area contributed by atoms with Crippen molar-refractivity contribution in [3.05, 3.63) is 36.2 Å². The highest BCUT2D eigenvalue weighted by molar-refractivity contribution is 5.66. The summed E-state index contributed by atoms with van der Waals surface area (Å²) in [6, 6.07) is 4.07. The summed E-state index contributed by atoms with van der Waals surface area (Å²) < 4.78 is 13.0. The molecule has 1 unspecified atom stereocenters. The molecule has 0 aliphatic heterocycles. The third kappa shape index (κ3) is 2.10. The Morgan fingerprint density at radius 1 is 1.50 bits per heavy atom. The molecule has 0 saturated carbocycles. The Morgan fingerprint density at radius 2 is 2.31 bits per heavy atom. The Balaban J connectivity index is 2.17. The van der Waals surface area contributed by atoms with Crippen molar-refractivity contribution in [2.45, 2.75) is 13.0 Å². The summed E-state index contributed by atoms with van der Waals surface area (Å²) in [7, 11) is 0. The third-order valence-corrected chi connectivity index (χ3v) is 2.23. The molecular weight excluding hydrogens is 209 g/mol. The zero-order chi connectivity index (χ0) is 11.5. The summed E-state index contributed by atoms with van der Waals surface area (Å²) in [5, 5.41) is 9.53. The maximum Gasteiger partial charge on any atom is 0.146 e. The van der Waals surface area contributed by atoms with E-state index in [9.17, 15) is 4.39 Å². The van der Waals surface area contributed by atoms with Gasteiger partial charge in [-0.3, -0.25) is 5.10 Å². The largest absolute Gasteiger partial charge is 0.397 e. The number of anilines is 2. The van der Waals surface area contributed by atoms with Gasteiger partial charge in [0, 0.05) is 0 Å².